The molecule has 0 radical (unpaired) electrons. The van der Waals surface area contributed by atoms with Crippen molar-refractivity contribution in [3.63, 3.8) is 0 Å². The summed E-state index contributed by atoms with van der Waals surface area (Å²) >= 11 is 1.69. The van der Waals surface area contributed by atoms with Gasteiger partial charge in [0.05, 0.1) is 4.88 Å². The molecule has 0 fully saturated rings. The average molecular weight is 285 g/mol. The largest absolute Gasteiger partial charge is 0.337 e. The van der Waals surface area contributed by atoms with Crippen LogP contribution >= 0.6 is 11.3 Å². The van der Waals surface area contributed by atoms with Crippen molar-refractivity contribution in [2.45, 2.75) is 32.2 Å². The predicted molar refractivity (Wildman–Crippen MR) is 83.2 cm³/mol. The number of rotatable bonds is 3. The van der Waals surface area contributed by atoms with Crippen molar-refractivity contribution in [3.8, 4) is 0 Å². The smallest absolute Gasteiger partial charge is 0.263 e. The van der Waals surface area contributed by atoms with Crippen LogP contribution in [0.4, 0.5) is 0 Å². The van der Waals surface area contributed by atoms with E-state index in [1.165, 1.54) is 28.8 Å². The molecule has 0 bridgehead atoms. The number of aryl methyl sites for hydroxylation is 2. The molecule has 0 saturated heterocycles. The Kier molecular flexibility index (Phi) is 3.88. The number of thiophene rings is 1. The van der Waals surface area contributed by atoms with Crippen LogP contribution in [0.15, 0.2) is 36.4 Å². The van der Waals surface area contributed by atoms with Crippen molar-refractivity contribution < 1.29 is 4.79 Å². The molecule has 3 heteroatoms. The summed E-state index contributed by atoms with van der Waals surface area (Å²) in [7, 11) is 1.88. The maximum atomic E-state index is 12.5. The Balaban J connectivity index is 1.73. The molecular weight excluding hydrogens is 266 g/mol. The van der Waals surface area contributed by atoms with Gasteiger partial charge in [-0.25, -0.2) is 0 Å². The van der Waals surface area contributed by atoms with E-state index in [4.69, 9.17) is 0 Å². The first-order chi connectivity index (χ1) is 9.74. The Bertz CT molecular complexity index is 579. The SMILES string of the molecule is CN(Cc1ccccc1)C(=O)c1cc2c(s1)CCCC2. The first kappa shape index (κ1) is 13.4. The monoisotopic (exact) mass is 285 g/mol. The second-order valence-corrected chi connectivity index (χ2v) is 6.55. The summed E-state index contributed by atoms with van der Waals surface area (Å²) < 4.78 is 0. The van der Waals surface area contributed by atoms with Crippen molar-refractivity contribution in [1.82, 2.24) is 4.90 Å². The molecule has 0 aliphatic heterocycles. The topological polar surface area (TPSA) is 20.3 Å². The maximum absolute atomic E-state index is 12.5. The zero-order valence-corrected chi connectivity index (χ0v) is 12.6. The molecule has 1 heterocycles. The van der Waals surface area contributed by atoms with Gasteiger partial charge in [0.1, 0.15) is 0 Å². The normalized spacial score (nSPS) is 13.8. The molecule has 0 atom stereocenters. The third-order valence-corrected chi connectivity index (χ3v) is 5.04. The van der Waals surface area contributed by atoms with Crippen LogP contribution in [0, 0.1) is 0 Å². The fourth-order valence-corrected chi connectivity index (χ4v) is 3.96. The van der Waals surface area contributed by atoms with Gasteiger partial charge < -0.3 is 4.90 Å². The Labute approximate surface area is 124 Å². The second-order valence-electron chi connectivity index (χ2n) is 5.41. The highest BCUT2D eigenvalue weighted by Gasteiger charge is 2.19. The Morgan fingerprint density at radius 3 is 2.70 bits per heavy atom. The van der Waals surface area contributed by atoms with Crippen LogP contribution in [0.2, 0.25) is 0 Å². The number of nitrogens with zero attached hydrogens (tertiary/aromatic N) is 1. The summed E-state index contributed by atoms with van der Waals surface area (Å²) in [6.45, 7) is 0.669. The number of hydrogen-bond donors (Lipinski definition) is 0. The van der Waals surface area contributed by atoms with Gasteiger partial charge in [0.15, 0.2) is 0 Å². The van der Waals surface area contributed by atoms with E-state index < -0.39 is 0 Å². The van der Waals surface area contributed by atoms with E-state index in [1.807, 2.05) is 30.1 Å². The van der Waals surface area contributed by atoms with Crippen molar-refractivity contribution in [2.75, 3.05) is 7.05 Å². The number of fused-ring (bicyclic) bond motifs is 1. The van der Waals surface area contributed by atoms with E-state index in [0.717, 1.165) is 17.7 Å². The molecule has 1 aromatic heterocycles. The summed E-state index contributed by atoms with van der Waals surface area (Å²) in [5, 5.41) is 0. The van der Waals surface area contributed by atoms with Crippen molar-refractivity contribution in [2.24, 2.45) is 0 Å². The molecule has 0 saturated carbocycles. The zero-order chi connectivity index (χ0) is 13.9. The third kappa shape index (κ3) is 2.78. The molecule has 2 aromatic rings. The summed E-state index contributed by atoms with van der Waals surface area (Å²) in [5.41, 5.74) is 2.57. The molecule has 20 heavy (non-hydrogen) atoms. The quantitative estimate of drug-likeness (QED) is 0.837. The number of hydrogen-bond acceptors (Lipinski definition) is 2. The molecule has 0 unspecified atom stereocenters. The van der Waals surface area contributed by atoms with E-state index in [2.05, 4.69) is 18.2 Å². The summed E-state index contributed by atoms with van der Waals surface area (Å²) in [6.07, 6.45) is 4.81. The molecule has 1 amide bonds. The minimum absolute atomic E-state index is 0.147. The molecule has 1 aromatic carbocycles. The molecule has 104 valence electrons. The second kappa shape index (κ2) is 5.80. The lowest BCUT2D eigenvalue weighted by molar-refractivity contribution is 0.0790. The van der Waals surface area contributed by atoms with Crippen molar-refractivity contribution in [3.05, 3.63) is 57.3 Å². The first-order valence-corrected chi connectivity index (χ1v) is 7.96. The number of carbonyl (C=O) groups excluding carboxylic acids is 1. The molecule has 2 nitrogen and oxygen atoms in total. The van der Waals surface area contributed by atoms with Gasteiger partial charge in [0, 0.05) is 18.5 Å². The van der Waals surface area contributed by atoms with Gasteiger partial charge in [-0.05, 0) is 42.9 Å². The van der Waals surface area contributed by atoms with Crippen LogP contribution in [0.5, 0.6) is 0 Å². The van der Waals surface area contributed by atoms with Crippen LogP contribution in [-0.2, 0) is 19.4 Å². The predicted octanol–water partition coefficient (Wildman–Crippen LogP) is 3.90. The summed E-state index contributed by atoms with van der Waals surface area (Å²) in [5.74, 6) is 0.147. The van der Waals surface area contributed by atoms with E-state index in [0.29, 0.717) is 6.54 Å². The van der Waals surface area contributed by atoms with Gasteiger partial charge in [-0.15, -0.1) is 11.3 Å². The highest BCUT2D eigenvalue weighted by Crippen LogP contribution is 2.30. The van der Waals surface area contributed by atoms with E-state index in [9.17, 15) is 4.79 Å². The highest BCUT2D eigenvalue weighted by atomic mass is 32.1. The molecule has 3 rings (SSSR count). The fourth-order valence-electron chi connectivity index (χ4n) is 2.71. The minimum atomic E-state index is 0.147. The Hall–Kier alpha value is -1.61. The highest BCUT2D eigenvalue weighted by molar-refractivity contribution is 7.14. The van der Waals surface area contributed by atoms with Gasteiger partial charge in [0.2, 0.25) is 0 Å². The summed E-state index contributed by atoms with van der Waals surface area (Å²) in [6, 6.07) is 12.3. The summed E-state index contributed by atoms with van der Waals surface area (Å²) in [4.78, 5) is 16.6. The number of benzene rings is 1. The fraction of sp³-hybridized carbons (Fsp3) is 0.353. The van der Waals surface area contributed by atoms with Crippen LogP contribution in [0.25, 0.3) is 0 Å². The minimum Gasteiger partial charge on any atom is -0.337 e. The number of amides is 1. The van der Waals surface area contributed by atoms with Gasteiger partial charge in [-0.3, -0.25) is 4.79 Å². The van der Waals surface area contributed by atoms with E-state index in [1.54, 1.807) is 11.3 Å². The van der Waals surface area contributed by atoms with Gasteiger partial charge >= 0.3 is 0 Å². The van der Waals surface area contributed by atoms with Crippen LogP contribution in [0.3, 0.4) is 0 Å². The third-order valence-electron chi connectivity index (χ3n) is 3.82. The molecule has 0 spiro atoms. The van der Waals surface area contributed by atoms with Gasteiger partial charge in [-0.1, -0.05) is 30.3 Å². The van der Waals surface area contributed by atoms with Crippen molar-refractivity contribution in [1.29, 1.82) is 0 Å². The number of carbonyl (C=O) groups is 1. The molecule has 1 aliphatic carbocycles. The lowest BCUT2D eigenvalue weighted by Gasteiger charge is -2.16. The molecule has 0 N–H and O–H groups in total. The Morgan fingerprint density at radius 1 is 1.20 bits per heavy atom. The van der Waals surface area contributed by atoms with E-state index >= 15 is 0 Å². The standard InChI is InChI=1S/C17H19NOS/c1-18(12-13-7-3-2-4-8-13)17(19)16-11-14-9-5-6-10-15(14)20-16/h2-4,7-8,11H,5-6,9-10,12H2,1H3. The van der Waals surface area contributed by atoms with Crippen molar-refractivity contribution >= 4 is 17.2 Å². The average Bonchev–Trinajstić information content (AvgIpc) is 2.91. The van der Waals surface area contributed by atoms with E-state index in [-0.39, 0.29) is 5.91 Å². The molecule has 1 aliphatic rings. The van der Waals surface area contributed by atoms with Gasteiger partial charge in [-0.2, -0.15) is 0 Å². The first-order valence-electron chi connectivity index (χ1n) is 7.15. The van der Waals surface area contributed by atoms with Gasteiger partial charge in [0.25, 0.3) is 5.91 Å². The lowest BCUT2D eigenvalue weighted by atomic mass is 9.99. The lowest BCUT2D eigenvalue weighted by Crippen LogP contribution is -2.25. The Morgan fingerprint density at radius 2 is 1.95 bits per heavy atom. The maximum Gasteiger partial charge on any atom is 0.263 e. The van der Waals surface area contributed by atoms with Crippen LogP contribution in [0.1, 0.15) is 38.5 Å². The van der Waals surface area contributed by atoms with Crippen LogP contribution in [-0.4, -0.2) is 17.9 Å². The molecular formula is C17H19NOS. The van der Waals surface area contributed by atoms with Crippen LogP contribution < -0.4 is 0 Å². The zero-order valence-electron chi connectivity index (χ0n) is 11.8.